The number of carbonyl (C=O) groups excluding carboxylic acids is 1. The second-order valence-electron chi connectivity index (χ2n) is 4.78. The van der Waals surface area contributed by atoms with Gasteiger partial charge in [-0.3, -0.25) is 9.59 Å². The minimum Gasteiger partial charge on any atom is -0.493 e. The molecular formula is C16H16BrN3O4. The predicted molar refractivity (Wildman–Crippen MR) is 94.0 cm³/mol. The van der Waals surface area contributed by atoms with Crippen LogP contribution in [0.1, 0.15) is 15.9 Å². The van der Waals surface area contributed by atoms with Crippen LogP contribution in [0.15, 0.2) is 44.8 Å². The molecule has 0 aliphatic carbocycles. The molecular weight excluding hydrogens is 378 g/mol. The molecule has 1 aromatic heterocycles. The summed E-state index contributed by atoms with van der Waals surface area (Å²) < 4.78 is 12.5. The fourth-order valence-corrected chi connectivity index (χ4v) is 2.63. The van der Waals surface area contributed by atoms with Crippen molar-refractivity contribution in [2.24, 2.45) is 12.1 Å². The molecule has 126 valence electrons. The highest BCUT2D eigenvalue weighted by Crippen LogP contribution is 2.35. The molecule has 0 aliphatic rings. The highest BCUT2D eigenvalue weighted by molar-refractivity contribution is 9.10. The van der Waals surface area contributed by atoms with Crippen LogP contribution in [0.4, 0.5) is 0 Å². The number of pyridine rings is 1. The lowest BCUT2D eigenvalue weighted by molar-refractivity contribution is 0.0953. The Morgan fingerprint density at radius 1 is 1.33 bits per heavy atom. The maximum absolute atomic E-state index is 12.0. The lowest BCUT2D eigenvalue weighted by Gasteiger charge is -2.10. The summed E-state index contributed by atoms with van der Waals surface area (Å²) in [5.74, 6) is 0.509. The molecule has 0 bridgehead atoms. The van der Waals surface area contributed by atoms with Gasteiger partial charge in [-0.2, -0.15) is 5.10 Å². The summed E-state index contributed by atoms with van der Waals surface area (Å²) in [5, 5.41) is 3.87. The number of rotatable bonds is 5. The Morgan fingerprint density at radius 2 is 2.08 bits per heavy atom. The number of hydrogen-bond donors (Lipinski definition) is 1. The molecule has 2 rings (SSSR count). The zero-order chi connectivity index (χ0) is 17.7. The van der Waals surface area contributed by atoms with Crippen LogP contribution in [-0.4, -0.2) is 30.9 Å². The quantitative estimate of drug-likeness (QED) is 0.621. The van der Waals surface area contributed by atoms with Crippen LogP contribution in [-0.2, 0) is 7.05 Å². The number of aryl methyl sites for hydroxylation is 1. The number of nitrogens with zero attached hydrogens (tertiary/aromatic N) is 2. The van der Waals surface area contributed by atoms with Crippen LogP contribution in [0, 0.1) is 0 Å². The Bertz CT molecular complexity index is 846. The molecule has 0 spiro atoms. The molecule has 0 fully saturated rings. The smallest absolute Gasteiger partial charge is 0.276 e. The van der Waals surface area contributed by atoms with Gasteiger partial charge in [-0.1, -0.05) is 0 Å². The van der Waals surface area contributed by atoms with Crippen molar-refractivity contribution in [2.75, 3.05) is 14.2 Å². The Labute approximate surface area is 147 Å². The monoisotopic (exact) mass is 393 g/mol. The SMILES string of the molecule is COc1cc(/C=N\NC(=O)c2cccn(C)c2=O)cc(Br)c1OC. The van der Waals surface area contributed by atoms with E-state index in [2.05, 4.69) is 26.5 Å². The zero-order valence-electron chi connectivity index (χ0n) is 13.4. The summed E-state index contributed by atoms with van der Waals surface area (Å²) >= 11 is 3.38. The Balaban J connectivity index is 2.17. The Kier molecular flexibility index (Phi) is 5.75. The molecule has 1 aromatic carbocycles. The van der Waals surface area contributed by atoms with Crippen LogP contribution in [0.3, 0.4) is 0 Å². The van der Waals surface area contributed by atoms with Crippen molar-refractivity contribution in [1.29, 1.82) is 0 Å². The van der Waals surface area contributed by atoms with Crippen molar-refractivity contribution >= 4 is 28.1 Å². The third-order valence-electron chi connectivity index (χ3n) is 3.20. The fraction of sp³-hybridized carbons (Fsp3) is 0.188. The van der Waals surface area contributed by atoms with E-state index in [1.807, 2.05) is 0 Å². The van der Waals surface area contributed by atoms with E-state index in [1.54, 1.807) is 31.4 Å². The Morgan fingerprint density at radius 3 is 2.75 bits per heavy atom. The van der Waals surface area contributed by atoms with E-state index >= 15 is 0 Å². The summed E-state index contributed by atoms with van der Waals surface area (Å²) in [5.41, 5.74) is 2.64. The van der Waals surface area contributed by atoms with Crippen molar-refractivity contribution in [3.63, 3.8) is 0 Å². The minimum atomic E-state index is -0.577. The maximum Gasteiger partial charge on any atom is 0.276 e. The molecule has 0 aliphatic heterocycles. The van der Waals surface area contributed by atoms with Gasteiger partial charge < -0.3 is 14.0 Å². The zero-order valence-corrected chi connectivity index (χ0v) is 15.0. The van der Waals surface area contributed by atoms with Gasteiger partial charge in [0.05, 0.1) is 24.9 Å². The largest absolute Gasteiger partial charge is 0.493 e. The average Bonchev–Trinajstić information content (AvgIpc) is 2.56. The van der Waals surface area contributed by atoms with Crippen LogP contribution in [0.5, 0.6) is 11.5 Å². The number of aromatic nitrogens is 1. The average molecular weight is 394 g/mol. The molecule has 24 heavy (non-hydrogen) atoms. The number of benzene rings is 1. The molecule has 0 atom stereocenters. The van der Waals surface area contributed by atoms with Crippen LogP contribution in [0.25, 0.3) is 0 Å². The topological polar surface area (TPSA) is 81.9 Å². The van der Waals surface area contributed by atoms with Gasteiger partial charge in [0.1, 0.15) is 5.56 Å². The van der Waals surface area contributed by atoms with Crippen LogP contribution >= 0.6 is 15.9 Å². The summed E-state index contributed by atoms with van der Waals surface area (Å²) in [4.78, 5) is 23.9. The molecule has 0 saturated heterocycles. The number of ether oxygens (including phenoxy) is 2. The summed E-state index contributed by atoms with van der Waals surface area (Å²) in [6.07, 6.45) is 3.02. The van der Waals surface area contributed by atoms with Crippen molar-refractivity contribution in [3.05, 3.63) is 56.4 Å². The van der Waals surface area contributed by atoms with Crippen molar-refractivity contribution in [1.82, 2.24) is 9.99 Å². The number of amides is 1. The van der Waals surface area contributed by atoms with Gasteiger partial charge in [0.15, 0.2) is 11.5 Å². The van der Waals surface area contributed by atoms with E-state index in [-0.39, 0.29) is 11.1 Å². The number of methoxy groups -OCH3 is 2. The first kappa shape index (κ1) is 17.7. The van der Waals surface area contributed by atoms with Crippen molar-refractivity contribution in [3.8, 4) is 11.5 Å². The molecule has 0 saturated carbocycles. The first-order chi connectivity index (χ1) is 11.5. The predicted octanol–water partition coefficient (Wildman–Crippen LogP) is 1.93. The van der Waals surface area contributed by atoms with Crippen LogP contribution in [0.2, 0.25) is 0 Å². The third kappa shape index (κ3) is 3.83. The second kappa shape index (κ2) is 7.78. The highest BCUT2D eigenvalue weighted by Gasteiger charge is 2.11. The summed E-state index contributed by atoms with van der Waals surface area (Å²) in [7, 11) is 4.64. The number of hydrogen-bond acceptors (Lipinski definition) is 5. The summed E-state index contributed by atoms with van der Waals surface area (Å²) in [6.45, 7) is 0. The number of hydrazone groups is 1. The van der Waals surface area contributed by atoms with Gasteiger partial charge in [0.2, 0.25) is 0 Å². The number of nitrogens with one attached hydrogen (secondary N) is 1. The standard InChI is InChI=1S/C16H16BrN3O4/c1-20-6-4-5-11(16(20)22)15(21)19-18-9-10-7-12(17)14(24-3)13(8-10)23-2/h4-9H,1-3H3,(H,19,21)/b18-9-. The van der Waals surface area contributed by atoms with E-state index in [4.69, 9.17) is 9.47 Å². The normalized spacial score (nSPS) is 10.7. The lowest BCUT2D eigenvalue weighted by atomic mass is 10.2. The van der Waals surface area contributed by atoms with Gasteiger partial charge in [-0.15, -0.1) is 0 Å². The van der Waals surface area contributed by atoms with Gasteiger partial charge in [-0.05, 0) is 45.8 Å². The molecule has 1 heterocycles. The second-order valence-corrected chi connectivity index (χ2v) is 5.63. The van der Waals surface area contributed by atoms with Crippen molar-refractivity contribution < 1.29 is 14.3 Å². The van der Waals surface area contributed by atoms with E-state index in [1.165, 1.54) is 31.1 Å². The molecule has 0 radical (unpaired) electrons. The fourth-order valence-electron chi connectivity index (χ4n) is 2.01. The molecule has 1 N–H and O–H groups in total. The Hall–Kier alpha value is -2.61. The lowest BCUT2D eigenvalue weighted by Crippen LogP contribution is -2.29. The number of halogens is 1. The molecule has 1 amide bonds. The van der Waals surface area contributed by atoms with Gasteiger partial charge in [0.25, 0.3) is 11.5 Å². The van der Waals surface area contributed by atoms with E-state index in [0.717, 1.165) is 0 Å². The van der Waals surface area contributed by atoms with Gasteiger partial charge in [-0.25, -0.2) is 5.43 Å². The first-order valence-electron chi connectivity index (χ1n) is 6.88. The first-order valence-corrected chi connectivity index (χ1v) is 7.67. The minimum absolute atomic E-state index is 0.0191. The van der Waals surface area contributed by atoms with Gasteiger partial charge >= 0.3 is 0 Å². The maximum atomic E-state index is 12.0. The molecule has 8 heteroatoms. The van der Waals surface area contributed by atoms with Gasteiger partial charge in [0, 0.05) is 13.2 Å². The van der Waals surface area contributed by atoms with Crippen LogP contribution < -0.4 is 20.5 Å². The molecule has 7 nitrogen and oxygen atoms in total. The van der Waals surface area contributed by atoms with Crippen molar-refractivity contribution in [2.45, 2.75) is 0 Å². The third-order valence-corrected chi connectivity index (χ3v) is 3.79. The van der Waals surface area contributed by atoms with E-state index in [0.29, 0.717) is 21.5 Å². The molecule has 0 unspecified atom stereocenters. The molecule has 2 aromatic rings. The highest BCUT2D eigenvalue weighted by atomic mass is 79.9. The number of carbonyl (C=O) groups is 1. The van der Waals surface area contributed by atoms with E-state index < -0.39 is 5.91 Å². The van der Waals surface area contributed by atoms with E-state index in [9.17, 15) is 9.59 Å². The summed E-state index contributed by atoms with van der Waals surface area (Å²) in [6, 6.07) is 6.53.